The SMILES string of the molecule is Cc1nc(N(C)Cc2cccc(Br)c2)sc1C=O. The van der Waals surface area contributed by atoms with Crippen LogP contribution in [0.4, 0.5) is 5.13 Å². The molecule has 0 saturated heterocycles. The summed E-state index contributed by atoms with van der Waals surface area (Å²) in [4.78, 5) is 18.0. The van der Waals surface area contributed by atoms with Crippen molar-refractivity contribution in [1.29, 1.82) is 0 Å². The number of aromatic nitrogens is 1. The van der Waals surface area contributed by atoms with Crippen LogP contribution in [-0.2, 0) is 6.54 Å². The third-order valence-electron chi connectivity index (χ3n) is 2.56. The van der Waals surface area contributed by atoms with E-state index in [4.69, 9.17) is 0 Å². The molecule has 0 atom stereocenters. The Morgan fingerprint density at radius 2 is 2.28 bits per heavy atom. The first-order valence-corrected chi connectivity index (χ1v) is 7.09. The first-order chi connectivity index (χ1) is 8.60. The van der Waals surface area contributed by atoms with Crippen LogP contribution in [0.15, 0.2) is 28.7 Å². The minimum atomic E-state index is 0.700. The van der Waals surface area contributed by atoms with E-state index in [0.29, 0.717) is 4.88 Å². The van der Waals surface area contributed by atoms with Gasteiger partial charge >= 0.3 is 0 Å². The van der Waals surface area contributed by atoms with Gasteiger partial charge in [0.1, 0.15) is 0 Å². The zero-order valence-corrected chi connectivity index (χ0v) is 12.6. The van der Waals surface area contributed by atoms with Gasteiger partial charge in [0.2, 0.25) is 0 Å². The quantitative estimate of drug-likeness (QED) is 0.804. The van der Waals surface area contributed by atoms with Gasteiger partial charge in [0, 0.05) is 18.1 Å². The third-order valence-corrected chi connectivity index (χ3v) is 4.25. The number of carbonyl (C=O) groups excluding carboxylic acids is 1. The summed E-state index contributed by atoms with van der Waals surface area (Å²) in [5.41, 5.74) is 2.00. The van der Waals surface area contributed by atoms with Crippen molar-refractivity contribution >= 4 is 38.7 Å². The highest BCUT2D eigenvalue weighted by atomic mass is 79.9. The van der Waals surface area contributed by atoms with Crippen LogP contribution < -0.4 is 4.90 Å². The fraction of sp³-hybridized carbons (Fsp3) is 0.231. The lowest BCUT2D eigenvalue weighted by molar-refractivity contribution is 0.112. The van der Waals surface area contributed by atoms with Crippen LogP contribution >= 0.6 is 27.3 Å². The first-order valence-electron chi connectivity index (χ1n) is 5.48. The molecule has 0 unspecified atom stereocenters. The molecule has 0 aliphatic carbocycles. The van der Waals surface area contributed by atoms with Crippen LogP contribution in [-0.4, -0.2) is 18.3 Å². The maximum absolute atomic E-state index is 10.8. The standard InChI is InChI=1S/C13H13BrN2OS/c1-9-12(8-17)18-13(15-9)16(2)7-10-4-3-5-11(14)6-10/h3-6,8H,7H2,1-2H3. The van der Waals surface area contributed by atoms with E-state index >= 15 is 0 Å². The summed E-state index contributed by atoms with van der Waals surface area (Å²) in [6, 6.07) is 8.17. The monoisotopic (exact) mass is 324 g/mol. The van der Waals surface area contributed by atoms with Crippen molar-refractivity contribution in [2.24, 2.45) is 0 Å². The molecule has 18 heavy (non-hydrogen) atoms. The molecule has 5 heteroatoms. The Labute approximate surface area is 119 Å². The molecular formula is C13H13BrN2OS. The van der Waals surface area contributed by atoms with E-state index in [-0.39, 0.29) is 0 Å². The van der Waals surface area contributed by atoms with Gasteiger partial charge in [0.25, 0.3) is 0 Å². The van der Waals surface area contributed by atoms with Gasteiger partial charge in [-0.2, -0.15) is 0 Å². The minimum Gasteiger partial charge on any atom is -0.347 e. The van der Waals surface area contributed by atoms with Crippen LogP contribution in [0.1, 0.15) is 20.9 Å². The lowest BCUT2D eigenvalue weighted by Crippen LogP contribution is -2.15. The minimum absolute atomic E-state index is 0.700. The zero-order chi connectivity index (χ0) is 13.1. The summed E-state index contributed by atoms with van der Waals surface area (Å²) >= 11 is 4.88. The average Bonchev–Trinajstić information content (AvgIpc) is 2.70. The topological polar surface area (TPSA) is 33.2 Å². The number of nitrogens with zero attached hydrogens (tertiary/aromatic N) is 2. The number of rotatable bonds is 4. The van der Waals surface area contributed by atoms with Crippen molar-refractivity contribution in [3.63, 3.8) is 0 Å². The molecule has 0 fully saturated rings. The summed E-state index contributed by atoms with van der Waals surface area (Å²) < 4.78 is 1.07. The number of aldehydes is 1. The van der Waals surface area contributed by atoms with Crippen LogP contribution in [0.25, 0.3) is 0 Å². The molecule has 0 aliphatic rings. The molecule has 0 bridgehead atoms. The Hall–Kier alpha value is -1.20. The summed E-state index contributed by atoms with van der Waals surface area (Å²) in [5, 5.41) is 0.870. The third kappa shape index (κ3) is 2.97. The number of hydrogen-bond acceptors (Lipinski definition) is 4. The van der Waals surface area contributed by atoms with Crippen molar-refractivity contribution in [3.05, 3.63) is 44.9 Å². The predicted octanol–water partition coefficient (Wildman–Crippen LogP) is 3.66. The van der Waals surface area contributed by atoms with Gasteiger partial charge in [-0.15, -0.1) is 0 Å². The zero-order valence-electron chi connectivity index (χ0n) is 10.2. The fourth-order valence-corrected chi connectivity index (χ4v) is 2.93. The molecule has 1 aromatic heterocycles. The van der Waals surface area contributed by atoms with Gasteiger partial charge in [-0.25, -0.2) is 4.98 Å². The van der Waals surface area contributed by atoms with Gasteiger partial charge in [0.05, 0.1) is 10.6 Å². The number of aryl methyl sites for hydroxylation is 1. The fourth-order valence-electron chi connectivity index (χ4n) is 1.64. The van der Waals surface area contributed by atoms with E-state index in [1.807, 2.05) is 31.0 Å². The molecule has 0 N–H and O–H groups in total. The van der Waals surface area contributed by atoms with Crippen molar-refractivity contribution in [2.45, 2.75) is 13.5 Å². The predicted molar refractivity (Wildman–Crippen MR) is 78.5 cm³/mol. The molecule has 0 amide bonds. The second kappa shape index (κ2) is 5.63. The number of benzene rings is 1. The summed E-state index contributed by atoms with van der Waals surface area (Å²) in [6.07, 6.45) is 0.865. The van der Waals surface area contributed by atoms with E-state index < -0.39 is 0 Å². The maximum Gasteiger partial charge on any atom is 0.186 e. The highest BCUT2D eigenvalue weighted by Gasteiger charge is 2.10. The molecule has 0 spiro atoms. The second-order valence-corrected chi connectivity index (χ2v) is 5.97. The van der Waals surface area contributed by atoms with E-state index in [1.165, 1.54) is 16.9 Å². The average molecular weight is 325 g/mol. The maximum atomic E-state index is 10.8. The van der Waals surface area contributed by atoms with Gasteiger partial charge in [-0.3, -0.25) is 4.79 Å². The molecule has 3 nitrogen and oxygen atoms in total. The number of anilines is 1. The Balaban J connectivity index is 2.16. The van der Waals surface area contributed by atoms with Crippen LogP contribution in [0, 0.1) is 6.92 Å². The molecule has 2 aromatic rings. The van der Waals surface area contributed by atoms with Crippen molar-refractivity contribution in [2.75, 3.05) is 11.9 Å². The lowest BCUT2D eigenvalue weighted by Gasteiger charge is -2.15. The highest BCUT2D eigenvalue weighted by Crippen LogP contribution is 2.25. The smallest absolute Gasteiger partial charge is 0.186 e. The first kappa shape index (κ1) is 13.2. The molecule has 2 rings (SSSR count). The number of hydrogen-bond donors (Lipinski definition) is 0. The normalized spacial score (nSPS) is 10.4. The van der Waals surface area contributed by atoms with Crippen LogP contribution in [0.2, 0.25) is 0 Å². The Bertz CT molecular complexity index is 568. The Kier molecular flexibility index (Phi) is 4.14. The van der Waals surface area contributed by atoms with Gasteiger partial charge in [0.15, 0.2) is 11.4 Å². The van der Waals surface area contributed by atoms with Crippen LogP contribution in [0.3, 0.4) is 0 Å². The van der Waals surface area contributed by atoms with Crippen molar-refractivity contribution in [1.82, 2.24) is 4.98 Å². The molecule has 0 radical (unpaired) electrons. The Morgan fingerprint density at radius 3 is 2.89 bits per heavy atom. The highest BCUT2D eigenvalue weighted by molar-refractivity contribution is 9.10. The van der Waals surface area contributed by atoms with Crippen molar-refractivity contribution < 1.29 is 4.79 Å². The number of thiazole rings is 1. The molecule has 1 heterocycles. The number of halogens is 1. The van der Waals surface area contributed by atoms with E-state index in [1.54, 1.807) is 0 Å². The summed E-state index contributed by atoms with van der Waals surface area (Å²) in [6.45, 7) is 2.63. The molecular weight excluding hydrogens is 312 g/mol. The van der Waals surface area contributed by atoms with Gasteiger partial charge in [-0.05, 0) is 24.6 Å². The van der Waals surface area contributed by atoms with E-state index in [2.05, 4.69) is 33.0 Å². The summed E-state index contributed by atoms with van der Waals surface area (Å²) in [5.74, 6) is 0. The van der Waals surface area contributed by atoms with Gasteiger partial charge < -0.3 is 4.90 Å². The molecule has 0 saturated carbocycles. The largest absolute Gasteiger partial charge is 0.347 e. The Morgan fingerprint density at radius 1 is 1.50 bits per heavy atom. The van der Waals surface area contributed by atoms with Gasteiger partial charge in [-0.1, -0.05) is 39.4 Å². The second-order valence-electron chi connectivity index (χ2n) is 4.05. The number of carbonyl (C=O) groups is 1. The van der Waals surface area contributed by atoms with Crippen molar-refractivity contribution in [3.8, 4) is 0 Å². The molecule has 94 valence electrons. The molecule has 1 aromatic carbocycles. The lowest BCUT2D eigenvalue weighted by atomic mass is 10.2. The van der Waals surface area contributed by atoms with E-state index in [0.717, 1.165) is 28.1 Å². The van der Waals surface area contributed by atoms with E-state index in [9.17, 15) is 4.79 Å². The summed E-state index contributed by atoms with van der Waals surface area (Å²) in [7, 11) is 1.98. The van der Waals surface area contributed by atoms with Crippen LogP contribution in [0.5, 0.6) is 0 Å². The molecule has 0 aliphatic heterocycles.